The van der Waals surface area contributed by atoms with Crippen molar-refractivity contribution in [3.63, 3.8) is 0 Å². The molecule has 0 N–H and O–H groups in total. The molecule has 0 radical (unpaired) electrons. The van der Waals surface area contributed by atoms with Crippen molar-refractivity contribution in [1.29, 1.82) is 0 Å². The Morgan fingerprint density at radius 2 is 1.91 bits per heavy atom. The predicted molar refractivity (Wildman–Crippen MR) is 124 cm³/mol. The molecule has 3 aromatic rings. The standard InChI is InChI=1S/C26H24N2O5/c1-28(2)23(29)14-31-26(30)24-18-7-3-4-9-20(18)27-25-17(6-5-8-19(24)25)12-16-10-11-21-22(13-16)33-15-32-21/h3-4,7,9-13H,5-6,8,14-15H2,1-2H3. The molecule has 1 aromatic heterocycles. The van der Waals surface area contributed by atoms with E-state index in [4.69, 9.17) is 19.2 Å². The lowest BCUT2D eigenvalue weighted by molar-refractivity contribution is -0.131. The highest BCUT2D eigenvalue weighted by atomic mass is 16.7. The molecule has 1 amide bonds. The summed E-state index contributed by atoms with van der Waals surface area (Å²) < 4.78 is 16.3. The fourth-order valence-electron chi connectivity index (χ4n) is 4.24. The number of allylic oxidation sites excluding steroid dienone is 1. The zero-order valence-electron chi connectivity index (χ0n) is 18.6. The molecule has 168 valence electrons. The summed E-state index contributed by atoms with van der Waals surface area (Å²) in [6.07, 6.45) is 4.55. The molecular formula is C26H24N2O5. The summed E-state index contributed by atoms with van der Waals surface area (Å²) in [4.78, 5) is 31.5. The first kappa shape index (κ1) is 21.0. The van der Waals surface area contributed by atoms with E-state index >= 15 is 0 Å². The Labute approximate surface area is 191 Å². The van der Waals surface area contributed by atoms with Crippen LogP contribution in [0.5, 0.6) is 11.5 Å². The van der Waals surface area contributed by atoms with E-state index in [1.807, 2.05) is 42.5 Å². The van der Waals surface area contributed by atoms with Gasteiger partial charge in [-0.1, -0.05) is 24.3 Å². The van der Waals surface area contributed by atoms with Gasteiger partial charge < -0.3 is 19.1 Å². The molecular weight excluding hydrogens is 420 g/mol. The number of likely N-dealkylation sites (N-methyl/N-ethyl adjacent to an activating group) is 1. The summed E-state index contributed by atoms with van der Waals surface area (Å²) in [5.74, 6) is 0.702. The number of hydrogen-bond acceptors (Lipinski definition) is 6. The third-order valence-electron chi connectivity index (χ3n) is 5.94. The fourth-order valence-corrected chi connectivity index (χ4v) is 4.24. The molecule has 0 saturated carbocycles. The maximum Gasteiger partial charge on any atom is 0.339 e. The Morgan fingerprint density at radius 3 is 2.76 bits per heavy atom. The van der Waals surface area contributed by atoms with Crippen molar-refractivity contribution in [2.45, 2.75) is 19.3 Å². The summed E-state index contributed by atoms with van der Waals surface area (Å²) in [5.41, 5.74) is 4.94. The van der Waals surface area contributed by atoms with Crippen molar-refractivity contribution in [3.8, 4) is 11.5 Å². The lowest BCUT2D eigenvalue weighted by Gasteiger charge is -2.22. The van der Waals surface area contributed by atoms with Crippen LogP contribution in [0.15, 0.2) is 42.5 Å². The van der Waals surface area contributed by atoms with E-state index in [9.17, 15) is 9.59 Å². The molecule has 2 aliphatic rings. The number of para-hydroxylation sites is 1. The van der Waals surface area contributed by atoms with Gasteiger partial charge in [-0.25, -0.2) is 9.78 Å². The van der Waals surface area contributed by atoms with Crippen LogP contribution in [0.25, 0.3) is 22.6 Å². The predicted octanol–water partition coefficient (Wildman–Crippen LogP) is 4.09. The number of pyridine rings is 1. The van der Waals surface area contributed by atoms with Crippen molar-refractivity contribution in [3.05, 3.63) is 64.8 Å². The van der Waals surface area contributed by atoms with E-state index in [1.165, 1.54) is 4.90 Å². The zero-order valence-corrected chi connectivity index (χ0v) is 18.6. The van der Waals surface area contributed by atoms with Gasteiger partial charge in [-0.15, -0.1) is 0 Å². The second-order valence-electron chi connectivity index (χ2n) is 8.33. The van der Waals surface area contributed by atoms with Crippen molar-refractivity contribution in [2.24, 2.45) is 0 Å². The van der Waals surface area contributed by atoms with Gasteiger partial charge in [-0.3, -0.25) is 4.79 Å². The molecule has 0 saturated heterocycles. The Kier molecular flexibility index (Phi) is 5.46. The third-order valence-corrected chi connectivity index (χ3v) is 5.94. The summed E-state index contributed by atoms with van der Waals surface area (Å²) >= 11 is 0. The van der Waals surface area contributed by atoms with Crippen LogP contribution in [-0.4, -0.2) is 49.3 Å². The Balaban J connectivity index is 1.58. The van der Waals surface area contributed by atoms with Crippen molar-refractivity contribution in [1.82, 2.24) is 9.88 Å². The quantitative estimate of drug-likeness (QED) is 0.564. The number of fused-ring (bicyclic) bond motifs is 3. The number of benzene rings is 2. The van der Waals surface area contributed by atoms with Gasteiger partial charge in [0.05, 0.1) is 16.8 Å². The SMILES string of the molecule is CN(C)C(=O)COC(=O)c1c2c(nc3ccccc13)C(=Cc1ccc3c(c1)OCO3)CCC2. The van der Waals surface area contributed by atoms with Crippen LogP contribution in [0.3, 0.4) is 0 Å². The molecule has 2 aromatic carbocycles. The van der Waals surface area contributed by atoms with Gasteiger partial charge >= 0.3 is 5.97 Å². The lowest BCUT2D eigenvalue weighted by atomic mass is 9.86. The van der Waals surface area contributed by atoms with Gasteiger partial charge in [-0.2, -0.15) is 0 Å². The number of hydrogen-bond donors (Lipinski definition) is 0. The molecule has 0 bridgehead atoms. The minimum absolute atomic E-state index is 0.230. The Morgan fingerprint density at radius 1 is 1.09 bits per heavy atom. The molecule has 1 aliphatic heterocycles. The van der Waals surface area contributed by atoms with E-state index in [-0.39, 0.29) is 19.3 Å². The highest BCUT2D eigenvalue weighted by molar-refractivity contribution is 6.07. The van der Waals surface area contributed by atoms with E-state index in [0.29, 0.717) is 5.56 Å². The molecule has 2 heterocycles. The molecule has 0 spiro atoms. The van der Waals surface area contributed by atoms with Crippen molar-refractivity contribution in [2.75, 3.05) is 27.5 Å². The van der Waals surface area contributed by atoms with Gasteiger partial charge in [0.2, 0.25) is 6.79 Å². The van der Waals surface area contributed by atoms with Crippen LogP contribution in [0.4, 0.5) is 0 Å². The van der Waals surface area contributed by atoms with Gasteiger partial charge in [0.25, 0.3) is 5.91 Å². The van der Waals surface area contributed by atoms with E-state index < -0.39 is 5.97 Å². The molecule has 7 nitrogen and oxygen atoms in total. The highest BCUT2D eigenvalue weighted by Crippen LogP contribution is 2.38. The Hall–Kier alpha value is -3.87. The first-order valence-electron chi connectivity index (χ1n) is 10.9. The number of carbonyl (C=O) groups is 2. The van der Waals surface area contributed by atoms with Crippen LogP contribution in [0.2, 0.25) is 0 Å². The third kappa shape index (κ3) is 4.02. The second kappa shape index (κ2) is 8.58. The summed E-state index contributed by atoms with van der Waals surface area (Å²) in [5, 5.41) is 0.739. The van der Waals surface area contributed by atoms with Crippen LogP contribution in [0.1, 0.15) is 40.0 Å². The number of esters is 1. The monoisotopic (exact) mass is 444 g/mol. The number of aromatic nitrogens is 1. The van der Waals surface area contributed by atoms with Gasteiger partial charge in [0.15, 0.2) is 18.1 Å². The first-order chi connectivity index (χ1) is 16.0. The van der Waals surface area contributed by atoms with Crippen LogP contribution in [0, 0.1) is 0 Å². The minimum Gasteiger partial charge on any atom is -0.454 e. The molecule has 0 unspecified atom stereocenters. The normalized spacial score (nSPS) is 15.4. The molecule has 0 atom stereocenters. The van der Waals surface area contributed by atoms with E-state index in [2.05, 4.69) is 6.08 Å². The zero-order chi connectivity index (χ0) is 22.9. The number of carbonyl (C=O) groups excluding carboxylic acids is 2. The first-order valence-corrected chi connectivity index (χ1v) is 10.9. The van der Waals surface area contributed by atoms with E-state index in [1.54, 1.807) is 14.1 Å². The number of ether oxygens (including phenoxy) is 3. The topological polar surface area (TPSA) is 78.0 Å². The summed E-state index contributed by atoms with van der Waals surface area (Å²) in [6.45, 7) is -0.0648. The second-order valence-corrected chi connectivity index (χ2v) is 8.33. The number of rotatable bonds is 4. The van der Waals surface area contributed by atoms with Crippen LogP contribution in [-0.2, 0) is 16.0 Å². The fraction of sp³-hybridized carbons (Fsp3) is 0.269. The average molecular weight is 444 g/mol. The van der Waals surface area contributed by atoms with Crippen molar-refractivity contribution >= 4 is 34.4 Å². The lowest BCUT2D eigenvalue weighted by Crippen LogP contribution is -2.28. The van der Waals surface area contributed by atoms with Crippen LogP contribution < -0.4 is 9.47 Å². The molecule has 33 heavy (non-hydrogen) atoms. The maximum absolute atomic E-state index is 13.2. The smallest absolute Gasteiger partial charge is 0.339 e. The molecule has 0 fully saturated rings. The van der Waals surface area contributed by atoms with Crippen molar-refractivity contribution < 1.29 is 23.8 Å². The Bertz CT molecular complexity index is 1300. The molecule has 7 heteroatoms. The number of amides is 1. The van der Waals surface area contributed by atoms with Gasteiger partial charge in [0, 0.05) is 19.5 Å². The average Bonchev–Trinajstić information content (AvgIpc) is 3.29. The summed E-state index contributed by atoms with van der Waals surface area (Å²) in [6, 6.07) is 13.4. The van der Waals surface area contributed by atoms with Crippen LogP contribution >= 0.6 is 0 Å². The maximum atomic E-state index is 13.2. The minimum atomic E-state index is -0.496. The summed E-state index contributed by atoms with van der Waals surface area (Å²) in [7, 11) is 3.26. The highest BCUT2D eigenvalue weighted by Gasteiger charge is 2.26. The number of nitrogens with zero attached hydrogens (tertiary/aromatic N) is 2. The molecule has 1 aliphatic carbocycles. The van der Waals surface area contributed by atoms with Gasteiger partial charge in [-0.05, 0) is 60.2 Å². The van der Waals surface area contributed by atoms with Gasteiger partial charge in [0.1, 0.15) is 0 Å². The molecule has 5 rings (SSSR count). The largest absolute Gasteiger partial charge is 0.454 e. The van der Waals surface area contributed by atoms with E-state index in [0.717, 1.165) is 64.1 Å².